The predicted molar refractivity (Wildman–Crippen MR) is 83.5 cm³/mol. The van der Waals surface area contributed by atoms with Crippen LogP contribution in [0.25, 0.3) is 0 Å². The molecular weight excluding hydrogens is 357 g/mol. The summed E-state index contributed by atoms with van der Waals surface area (Å²) in [7, 11) is -3.64. The topological polar surface area (TPSA) is 59.5 Å². The molecule has 0 unspecified atom stereocenters. The minimum absolute atomic E-state index is 0.0646. The zero-order valence-electron chi connectivity index (χ0n) is 13.0. The molecule has 0 spiro atoms. The van der Waals surface area contributed by atoms with Crippen molar-refractivity contribution < 1.29 is 26.3 Å². The van der Waals surface area contributed by atoms with Gasteiger partial charge < -0.3 is 4.74 Å². The van der Waals surface area contributed by atoms with Crippen LogP contribution >= 0.6 is 0 Å². The lowest BCUT2D eigenvalue weighted by atomic mass is 10.2. The number of aromatic nitrogens is 1. The second-order valence-corrected chi connectivity index (χ2v) is 7.52. The number of halogens is 3. The van der Waals surface area contributed by atoms with Crippen molar-refractivity contribution >= 4 is 10.0 Å². The Bertz CT molecular complexity index is 841. The van der Waals surface area contributed by atoms with Crippen molar-refractivity contribution in [3.63, 3.8) is 0 Å². The first-order chi connectivity index (χ1) is 11.8. The Morgan fingerprint density at radius 3 is 2.56 bits per heavy atom. The first-order valence-electron chi connectivity index (χ1n) is 7.52. The van der Waals surface area contributed by atoms with Crippen molar-refractivity contribution in [2.24, 2.45) is 0 Å². The van der Waals surface area contributed by atoms with E-state index in [2.05, 4.69) is 4.98 Å². The molecule has 2 heterocycles. The Labute approximate surface area is 143 Å². The molecule has 0 radical (unpaired) electrons. The van der Waals surface area contributed by atoms with Crippen molar-refractivity contribution in [1.82, 2.24) is 9.29 Å². The summed E-state index contributed by atoms with van der Waals surface area (Å²) >= 11 is 0. The van der Waals surface area contributed by atoms with Crippen molar-refractivity contribution in [3.8, 4) is 5.88 Å². The van der Waals surface area contributed by atoms with Crippen LogP contribution in [0.4, 0.5) is 13.2 Å². The van der Waals surface area contributed by atoms with Gasteiger partial charge in [0.25, 0.3) is 0 Å². The Morgan fingerprint density at radius 1 is 1.16 bits per heavy atom. The molecule has 1 atom stereocenters. The molecule has 0 aliphatic carbocycles. The van der Waals surface area contributed by atoms with Crippen LogP contribution in [0.5, 0.6) is 5.88 Å². The van der Waals surface area contributed by atoms with Gasteiger partial charge >= 0.3 is 6.18 Å². The van der Waals surface area contributed by atoms with E-state index in [1.165, 1.54) is 16.4 Å². The quantitative estimate of drug-likeness (QED) is 0.828. The maximum atomic E-state index is 12.7. The van der Waals surface area contributed by atoms with Gasteiger partial charge in [0.05, 0.1) is 17.0 Å². The average molecular weight is 372 g/mol. The van der Waals surface area contributed by atoms with Crippen LogP contribution in [0.15, 0.2) is 53.6 Å². The van der Waals surface area contributed by atoms with E-state index < -0.39 is 27.9 Å². The van der Waals surface area contributed by atoms with E-state index in [0.717, 1.165) is 18.3 Å². The van der Waals surface area contributed by atoms with Crippen molar-refractivity contribution in [2.75, 3.05) is 13.1 Å². The Hall–Kier alpha value is -2.13. The van der Waals surface area contributed by atoms with Crippen molar-refractivity contribution in [3.05, 3.63) is 54.2 Å². The van der Waals surface area contributed by atoms with Gasteiger partial charge in [-0.2, -0.15) is 17.5 Å². The van der Waals surface area contributed by atoms with Gasteiger partial charge in [-0.1, -0.05) is 18.2 Å². The molecule has 0 N–H and O–H groups in total. The number of benzene rings is 1. The van der Waals surface area contributed by atoms with E-state index in [0.29, 0.717) is 6.42 Å². The van der Waals surface area contributed by atoms with Crippen LogP contribution in [-0.4, -0.2) is 36.9 Å². The smallest absolute Gasteiger partial charge is 0.416 e. The summed E-state index contributed by atoms with van der Waals surface area (Å²) in [5.41, 5.74) is -0.857. The second-order valence-electron chi connectivity index (χ2n) is 5.59. The summed E-state index contributed by atoms with van der Waals surface area (Å²) in [6.07, 6.45) is -3.64. The molecule has 0 amide bonds. The monoisotopic (exact) mass is 372 g/mol. The molecule has 134 valence electrons. The van der Waals surface area contributed by atoms with Gasteiger partial charge in [0.1, 0.15) is 6.10 Å². The van der Waals surface area contributed by atoms with Gasteiger partial charge in [0, 0.05) is 18.8 Å². The van der Waals surface area contributed by atoms with Gasteiger partial charge in [-0.05, 0) is 24.6 Å². The molecule has 1 aromatic carbocycles. The third kappa shape index (κ3) is 3.93. The molecule has 3 rings (SSSR count). The Balaban J connectivity index is 1.70. The molecule has 25 heavy (non-hydrogen) atoms. The highest BCUT2D eigenvalue weighted by Gasteiger charge is 2.35. The lowest BCUT2D eigenvalue weighted by Crippen LogP contribution is -2.31. The molecule has 0 saturated carbocycles. The summed E-state index contributed by atoms with van der Waals surface area (Å²) in [6, 6.07) is 9.64. The zero-order chi connectivity index (χ0) is 18.1. The minimum atomic E-state index is -4.49. The zero-order valence-corrected chi connectivity index (χ0v) is 13.8. The van der Waals surface area contributed by atoms with E-state index >= 15 is 0 Å². The van der Waals surface area contributed by atoms with E-state index in [1.807, 2.05) is 0 Å². The Morgan fingerprint density at radius 2 is 1.88 bits per heavy atom. The number of hydrogen-bond acceptors (Lipinski definition) is 4. The van der Waals surface area contributed by atoms with E-state index in [4.69, 9.17) is 4.74 Å². The summed E-state index contributed by atoms with van der Waals surface area (Å²) in [4.78, 5) is 3.95. The highest BCUT2D eigenvalue weighted by molar-refractivity contribution is 7.89. The summed E-state index contributed by atoms with van der Waals surface area (Å²) in [5, 5.41) is 0. The molecule has 2 aromatic rings. The van der Waals surface area contributed by atoms with Gasteiger partial charge in [-0.25, -0.2) is 13.4 Å². The Kier molecular flexibility index (Phi) is 4.70. The molecule has 1 aliphatic rings. The summed E-state index contributed by atoms with van der Waals surface area (Å²) in [6.45, 7) is 0.302. The fourth-order valence-electron chi connectivity index (χ4n) is 2.57. The highest BCUT2D eigenvalue weighted by atomic mass is 32.2. The number of pyridine rings is 1. The standard InChI is InChI=1S/C16H15F3N2O3S/c17-16(18,19)12-6-8-20-15(10-12)24-13-7-9-21(11-13)25(22,23)14-4-2-1-3-5-14/h1-6,8,10,13H,7,9,11H2/t13-/m0/s1. The first-order valence-corrected chi connectivity index (χ1v) is 8.96. The van der Waals surface area contributed by atoms with Crippen LogP contribution in [0, 0.1) is 0 Å². The van der Waals surface area contributed by atoms with Gasteiger partial charge in [0.15, 0.2) is 0 Å². The number of nitrogens with zero attached hydrogens (tertiary/aromatic N) is 2. The third-order valence-electron chi connectivity index (χ3n) is 3.84. The van der Waals surface area contributed by atoms with E-state index in [9.17, 15) is 21.6 Å². The highest BCUT2D eigenvalue weighted by Crippen LogP contribution is 2.31. The number of hydrogen-bond donors (Lipinski definition) is 0. The maximum Gasteiger partial charge on any atom is 0.416 e. The van der Waals surface area contributed by atoms with Crippen molar-refractivity contribution in [2.45, 2.75) is 23.6 Å². The van der Waals surface area contributed by atoms with Crippen LogP contribution in [-0.2, 0) is 16.2 Å². The van der Waals surface area contributed by atoms with Crippen LogP contribution < -0.4 is 4.74 Å². The molecule has 1 saturated heterocycles. The molecular formula is C16H15F3N2O3S. The summed E-state index contributed by atoms with van der Waals surface area (Å²) in [5.74, 6) is -0.168. The molecule has 1 aliphatic heterocycles. The largest absolute Gasteiger partial charge is 0.473 e. The van der Waals surface area contributed by atoms with Gasteiger partial charge in [-0.3, -0.25) is 0 Å². The summed E-state index contributed by atoms with van der Waals surface area (Å²) < 4.78 is 69.9. The lowest BCUT2D eigenvalue weighted by molar-refractivity contribution is -0.137. The predicted octanol–water partition coefficient (Wildman–Crippen LogP) is 2.94. The third-order valence-corrected chi connectivity index (χ3v) is 5.72. The molecule has 1 fully saturated rings. The normalized spacial score (nSPS) is 19.1. The number of alkyl halides is 3. The van der Waals surface area contributed by atoms with Crippen LogP contribution in [0.1, 0.15) is 12.0 Å². The molecule has 5 nitrogen and oxygen atoms in total. The van der Waals surface area contributed by atoms with Gasteiger partial charge in [0.2, 0.25) is 15.9 Å². The fraction of sp³-hybridized carbons (Fsp3) is 0.312. The lowest BCUT2D eigenvalue weighted by Gasteiger charge is -2.17. The fourth-order valence-corrected chi connectivity index (χ4v) is 4.08. The molecule has 0 bridgehead atoms. The van der Waals surface area contributed by atoms with Crippen LogP contribution in [0.3, 0.4) is 0 Å². The number of sulfonamides is 1. The first kappa shape index (κ1) is 17.7. The number of rotatable bonds is 4. The SMILES string of the molecule is O=S(=O)(c1ccccc1)N1CC[C@H](Oc2cc(C(F)(F)F)ccn2)C1. The van der Waals surface area contributed by atoms with E-state index in [-0.39, 0.29) is 23.9 Å². The van der Waals surface area contributed by atoms with Gasteiger partial charge in [-0.15, -0.1) is 0 Å². The minimum Gasteiger partial charge on any atom is -0.473 e. The average Bonchev–Trinajstić information content (AvgIpc) is 3.04. The second kappa shape index (κ2) is 6.64. The molecule has 9 heteroatoms. The maximum absolute atomic E-state index is 12.7. The van der Waals surface area contributed by atoms with Crippen molar-refractivity contribution in [1.29, 1.82) is 0 Å². The van der Waals surface area contributed by atoms with Crippen LogP contribution in [0.2, 0.25) is 0 Å². The number of ether oxygens (including phenoxy) is 1. The molecule has 1 aromatic heterocycles. The van der Waals surface area contributed by atoms with E-state index in [1.54, 1.807) is 18.2 Å².